The summed E-state index contributed by atoms with van der Waals surface area (Å²) in [7, 11) is 0. The second kappa shape index (κ2) is 6.02. The van der Waals surface area contributed by atoms with Gasteiger partial charge >= 0.3 is 0 Å². The minimum absolute atomic E-state index is 0.0534. The third-order valence-electron chi connectivity index (χ3n) is 1.59. The maximum atomic E-state index is 13.1. The number of thiocarbonyl (C=S) groups is 1. The molecule has 0 heterocycles. The van der Waals surface area contributed by atoms with E-state index < -0.39 is 0 Å². The molecule has 3 N–H and O–H groups in total. The summed E-state index contributed by atoms with van der Waals surface area (Å²) in [4.78, 5) is 0. The van der Waals surface area contributed by atoms with Gasteiger partial charge in [0.15, 0.2) is 5.11 Å². The summed E-state index contributed by atoms with van der Waals surface area (Å²) in [6.07, 6.45) is 1.41. The van der Waals surface area contributed by atoms with Gasteiger partial charge in [0.25, 0.3) is 0 Å². The summed E-state index contributed by atoms with van der Waals surface area (Å²) in [6.45, 7) is 2.30. The van der Waals surface area contributed by atoms with Gasteiger partial charge in [0.2, 0.25) is 0 Å². The van der Waals surface area contributed by atoms with Crippen molar-refractivity contribution in [3.8, 4) is 5.75 Å². The van der Waals surface area contributed by atoms with Crippen molar-refractivity contribution in [1.29, 1.82) is 0 Å². The Morgan fingerprint density at radius 3 is 3.00 bits per heavy atom. The molecular weight excluding hydrogens is 229 g/mol. The van der Waals surface area contributed by atoms with Crippen molar-refractivity contribution in [3.63, 3.8) is 0 Å². The van der Waals surface area contributed by atoms with Crippen LogP contribution in [0, 0.1) is 5.82 Å². The van der Waals surface area contributed by atoms with Crippen molar-refractivity contribution in [2.45, 2.75) is 6.92 Å². The van der Waals surface area contributed by atoms with Crippen LogP contribution in [0.2, 0.25) is 0 Å². The Balaban J connectivity index is 2.79. The summed E-state index contributed by atoms with van der Waals surface area (Å²) in [5, 5.41) is 3.77. The summed E-state index contributed by atoms with van der Waals surface area (Å²) >= 11 is 4.56. The number of nitrogens with zero attached hydrogens (tertiary/aromatic N) is 1. The Hall–Kier alpha value is -1.69. The van der Waals surface area contributed by atoms with Gasteiger partial charge in [0.1, 0.15) is 11.6 Å². The van der Waals surface area contributed by atoms with Crippen LogP contribution in [-0.2, 0) is 0 Å². The first-order valence-electron chi connectivity index (χ1n) is 4.63. The van der Waals surface area contributed by atoms with E-state index in [4.69, 9.17) is 10.5 Å². The van der Waals surface area contributed by atoms with E-state index in [1.54, 1.807) is 6.07 Å². The van der Waals surface area contributed by atoms with Crippen molar-refractivity contribution in [2.24, 2.45) is 10.8 Å². The molecule has 0 saturated heterocycles. The molecule has 0 aliphatic carbocycles. The van der Waals surface area contributed by atoms with E-state index in [-0.39, 0.29) is 10.9 Å². The lowest BCUT2D eigenvalue weighted by atomic mass is 10.2. The van der Waals surface area contributed by atoms with Crippen molar-refractivity contribution >= 4 is 23.5 Å². The molecule has 0 atom stereocenters. The van der Waals surface area contributed by atoms with E-state index in [2.05, 4.69) is 22.7 Å². The summed E-state index contributed by atoms with van der Waals surface area (Å²) in [6, 6.07) is 4.30. The Bertz CT molecular complexity index is 409. The molecule has 0 unspecified atom stereocenters. The van der Waals surface area contributed by atoms with Gasteiger partial charge in [-0.2, -0.15) is 5.10 Å². The van der Waals surface area contributed by atoms with Gasteiger partial charge in [-0.05, 0) is 31.3 Å². The second-order valence-corrected chi connectivity index (χ2v) is 3.33. The van der Waals surface area contributed by atoms with Crippen LogP contribution in [0.25, 0.3) is 0 Å². The number of nitrogens with two attached hydrogens (primary N) is 1. The van der Waals surface area contributed by atoms with Gasteiger partial charge in [-0.1, -0.05) is 0 Å². The first-order valence-corrected chi connectivity index (χ1v) is 5.04. The van der Waals surface area contributed by atoms with E-state index >= 15 is 0 Å². The highest BCUT2D eigenvalue weighted by Crippen LogP contribution is 2.15. The fourth-order valence-electron chi connectivity index (χ4n) is 1.08. The van der Waals surface area contributed by atoms with Crippen LogP contribution in [-0.4, -0.2) is 17.9 Å². The normalized spacial score (nSPS) is 10.4. The molecular formula is C10H12FN3OS. The molecule has 0 aromatic heterocycles. The minimum atomic E-state index is -0.386. The molecule has 0 bridgehead atoms. The quantitative estimate of drug-likeness (QED) is 0.475. The molecule has 0 saturated carbocycles. The predicted octanol–water partition coefficient (Wildman–Crippen LogP) is 1.39. The minimum Gasteiger partial charge on any atom is -0.494 e. The molecule has 0 radical (unpaired) electrons. The molecule has 16 heavy (non-hydrogen) atoms. The van der Waals surface area contributed by atoms with Crippen molar-refractivity contribution in [2.75, 3.05) is 6.61 Å². The standard InChI is InChI=1S/C10H12FN3OS/c1-2-15-9-4-7(3-8(11)5-9)6-13-14-10(12)16/h3-6H,2H2,1H3,(H3,12,14,16). The zero-order chi connectivity index (χ0) is 12.0. The highest BCUT2D eigenvalue weighted by Gasteiger charge is 1.99. The van der Waals surface area contributed by atoms with Gasteiger partial charge < -0.3 is 10.5 Å². The number of benzene rings is 1. The van der Waals surface area contributed by atoms with E-state index in [9.17, 15) is 4.39 Å². The average molecular weight is 241 g/mol. The predicted molar refractivity (Wildman–Crippen MR) is 65.1 cm³/mol. The van der Waals surface area contributed by atoms with Crippen molar-refractivity contribution < 1.29 is 9.13 Å². The molecule has 1 aromatic carbocycles. The molecule has 0 aliphatic rings. The van der Waals surface area contributed by atoms with Gasteiger partial charge in [0.05, 0.1) is 12.8 Å². The van der Waals surface area contributed by atoms with Crippen molar-refractivity contribution in [3.05, 3.63) is 29.6 Å². The number of nitrogens with one attached hydrogen (secondary N) is 1. The largest absolute Gasteiger partial charge is 0.494 e. The first-order chi connectivity index (χ1) is 7.61. The highest BCUT2D eigenvalue weighted by atomic mass is 32.1. The number of hydrazone groups is 1. The van der Waals surface area contributed by atoms with Crippen LogP contribution >= 0.6 is 12.2 Å². The smallest absolute Gasteiger partial charge is 0.184 e. The fraction of sp³-hybridized carbons (Fsp3) is 0.200. The Kier molecular flexibility index (Phi) is 4.65. The van der Waals surface area contributed by atoms with E-state index in [0.717, 1.165) is 0 Å². The Morgan fingerprint density at radius 1 is 1.62 bits per heavy atom. The maximum absolute atomic E-state index is 13.1. The zero-order valence-corrected chi connectivity index (χ0v) is 9.55. The third kappa shape index (κ3) is 4.22. The lowest BCUT2D eigenvalue weighted by Gasteiger charge is -2.04. The van der Waals surface area contributed by atoms with E-state index in [1.807, 2.05) is 6.92 Å². The maximum Gasteiger partial charge on any atom is 0.184 e. The Labute approximate surface area is 98.3 Å². The molecule has 0 fully saturated rings. The van der Waals surface area contributed by atoms with Gasteiger partial charge in [0, 0.05) is 11.6 Å². The van der Waals surface area contributed by atoms with Crippen LogP contribution < -0.4 is 15.9 Å². The van der Waals surface area contributed by atoms with Gasteiger partial charge in [-0.25, -0.2) is 4.39 Å². The number of rotatable bonds is 4. The van der Waals surface area contributed by atoms with Crippen LogP contribution in [0.5, 0.6) is 5.75 Å². The second-order valence-electron chi connectivity index (χ2n) is 2.89. The molecule has 4 nitrogen and oxygen atoms in total. The summed E-state index contributed by atoms with van der Waals surface area (Å²) in [5.41, 5.74) is 8.11. The monoisotopic (exact) mass is 241 g/mol. The highest BCUT2D eigenvalue weighted by molar-refractivity contribution is 7.80. The van der Waals surface area contributed by atoms with Crippen LogP contribution in [0.15, 0.2) is 23.3 Å². The third-order valence-corrected chi connectivity index (χ3v) is 1.68. The molecule has 0 spiro atoms. The van der Waals surface area contributed by atoms with E-state index in [0.29, 0.717) is 17.9 Å². The fourth-order valence-corrected chi connectivity index (χ4v) is 1.13. The SMILES string of the molecule is CCOc1cc(F)cc(C=NNC(N)=S)c1. The van der Waals surface area contributed by atoms with E-state index in [1.165, 1.54) is 18.3 Å². The zero-order valence-electron chi connectivity index (χ0n) is 8.74. The topological polar surface area (TPSA) is 59.6 Å². The van der Waals surface area contributed by atoms with Crippen LogP contribution in [0.1, 0.15) is 12.5 Å². The molecule has 1 rings (SSSR count). The van der Waals surface area contributed by atoms with Crippen molar-refractivity contribution in [1.82, 2.24) is 5.43 Å². The summed E-state index contributed by atoms with van der Waals surface area (Å²) in [5.74, 6) is 0.0713. The molecule has 1 aromatic rings. The van der Waals surface area contributed by atoms with Crippen LogP contribution in [0.3, 0.4) is 0 Å². The molecule has 0 aliphatic heterocycles. The Morgan fingerprint density at radius 2 is 2.38 bits per heavy atom. The molecule has 6 heteroatoms. The lowest BCUT2D eigenvalue weighted by molar-refractivity contribution is 0.338. The van der Waals surface area contributed by atoms with Gasteiger partial charge in [-0.15, -0.1) is 0 Å². The van der Waals surface area contributed by atoms with Gasteiger partial charge in [-0.3, -0.25) is 5.43 Å². The number of ether oxygens (including phenoxy) is 1. The number of hydrogen-bond acceptors (Lipinski definition) is 3. The molecule has 86 valence electrons. The number of halogens is 1. The first kappa shape index (κ1) is 12.4. The number of hydrogen-bond donors (Lipinski definition) is 2. The van der Waals surface area contributed by atoms with Crippen LogP contribution in [0.4, 0.5) is 4.39 Å². The average Bonchev–Trinajstić information content (AvgIpc) is 2.16. The lowest BCUT2D eigenvalue weighted by Crippen LogP contribution is -2.23. The summed E-state index contributed by atoms with van der Waals surface area (Å²) < 4.78 is 18.3. The molecule has 0 amide bonds.